The first-order chi connectivity index (χ1) is 13.9. The zero-order chi connectivity index (χ0) is 20.5. The van der Waals surface area contributed by atoms with Crippen LogP contribution in [0.15, 0.2) is 4.52 Å². The van der Waals surface area contributed by atoms with Gasteiger partial charge in [-0.25, -0.2) is 0 Å². The molecule has 1 saturated carbocycles. The van der Waals surface area contributed by atoms with Gasteiger partial charge in [0.2, 0.25) is 11.8 Å². The highest BCUT2D eigenvalue weighted by atomic mass is 16.5. The molecule has 0 bridgehead atoms. The van der Waals surface area contributed by atoms with Crippen molar-refractivity contribution >= 4 is 11.8 Å². The lowest BCUT2D eigenvalue weighted by Crippen LogP contribution is -2.48. The van der Waals surface area contributed by atoms with Crippen molar-refractivity contribution < 1.29 is 18.8 Å². The fraction of sp³-hybridized carbons (Fsp3) is 0.762. The summed E-state index contributed by atoms with van der Waals surface area (Å²) in [4.78, 5) is 31.7. The van der Waals surface area contributed by atoms with Gasteiger partial charge in [-0.2, -0.15) is 0 Å². The number of amides is 2. The standard InChI is InChI=1S/C21H32N4O4/c1-14-20(15(2)29-22-14)28-18-12-19(25(13-18)16(3)26)21(27)24-9-5-8-23(10-11-24)17-6-4-7-17/h17-19H,4-13H2,1-3H3. The largest absolute Gasteiger partial charge is 0.483 e. The topological polar surface area (TPSA) is 79.1 Å². The highest BCUT2D eigenvalue weighted by molar-refractivity contribution is 5.87. The molecule has 29 heavy (non-hydrogen) atoms. The minimum absolute atomic E-state index is 0.0560. The van der Waals surface area contributed by atoms with Crippen molar-refractivity contribution in [3.8, 4) is 5.75 Å². The van der Waals surface area contributed by atoms with E-state index in [1.54, 1.807) is 11.8 Å². The first kappa shape index (κ1) is 20.2. The van der Waals surface area contributed by atoms with Crippen LogP contribution < -0.4 is 4.74 Å². The smallest absolute Gasteiger partial charge is 0.245 e. The van der Waals surface area contributed by atoms with Crippen molar-refractivity contribution in [2.24, 2.45) is 0 Å². The Morgan fingerprint density at radius 1 is 1.10 bits per heavy atom. The summed E-state index contributed by atoms with van der Waals surface area (Å²) >= 11 is 0. The van der Waals surface area contributed by atoms with E-state index >= 15 is 0 Å². The third kappa shape index (κ3) is 4.13. The van der Waals surface area contributed by atoms with Gasteiger partial charge in [0.1, 0.15) is 17.8 Å². The van der Waals surface area contributed by atoms with Crippen LogP contribution in [0.3, 0.4) is 0 Å². The number of carbonyl (C=O) groups excluding carboxylic acids is 2. The lowest BCUT2D eigenvalue weighted by molar-refractivity contribution is -0.142. The van der Waals surface area contributed by atoms with E-state index in [0.29, 0.717) is 36.2 Å². The van der Waals surface area contributed by atoms with E-state index in [2.05, 4.69) is 10.1 Å². The van der Waals surface area contributed by atoms with Crippen molar-refractivity contribution in [1.82, 2.24) is 19.9 Å². The predicted octanol–water partition coefficient (Wildman–Crippen LogP) is 1.75. The van der Waals surface area contributed by atoms with E-state index in [9.17, 15) is 9.59 Å². The summed E-state index contributed by atoms with van der Waals surface area (Å²) in [5.41, 5.74) is 0.690. The predicted molar refractivity (Wildman–Crippen MR) is 107 cm³/mol. The SMILES string of the molecule is CC(=O)N1CC(Oc2c(C)noc2C)CC1C(=O)N1CCCN(C2CCC2)CC1. The molecule has 1 aromatic rings. The molecule has 2 aliphatic heterocycles. The Kier molecular flexibility index (Phi) is 5.81. The van der Waals surface area contributed by atoms with Crippen LogP contribution in [0.25, 0.3) is 0 Å². The average Bonchev–Trinajstić information content (AvgIpc) is 3.11. The van der Waals surface area contributed by atoms with Crippen molar-refractivity contribution in [3.63, 3.8) is 0 Å². The van der Waals surface area contributed by atoms with Crippen LogP contribution in [0, 0.1) is 13.8 Å². The third-order valence-corrected chi connectivity index (χ3v) is 6.64. The van der Waals surface area contributed by atoms with E-state index in [-0.39, 0.29) is 17.9 Å². The second kappa shape index (κ2) is 8.34. The number of hydrogen-bond donors (Lipinski definition) is 0. The van der Waals surface area contributed by atoms with Gasteiger partial charge in [0.25, 0.3) is 0 Å². The Balaban J connectivity index is 1.41. The highest BCUT2D eigenvalue weighted by Crippen LogP contribution is 2.29. The van der Waals surface area contributed by atoms with Gasteiger partial charge in [-0.05, 0) is 26.2 Å². The lowest BCUT2D eigenvalue weighted by atomic mass is 9.91. The maximum Gasteiger partial charge on any atom is 0.245 e. The minimum Gasteiger partial charge on any atom is -0.483 e. The first-order valence-electron chi connectivity index (χ1n) is 10.8. The molecule has 8 nitrogen and oxygen atoms in total. The summed E-state index contributed by atoms with van der Waals surface area (Å²) in [7, 11) is 0. The van der Waals surface area contributed by atoms with Crippen LogP contribution in [0.4, 0.5) is 0 Å². The van der Waals surface area contributed by atoms with Crippen molar-refractivity contribution in [3.05, 3.63) is 11.5 Å². The van der Waals surface area contributed by atoms with Gasteiger partial charge in [0.15, 0.2) is 11.5 Å². The monoisotopic (exact) mass is 404 g/mol. The van der Waals surface area contributed by atoms with Gasteiger partial charge in [0, 0.05) is 52.5 Å². The molecule has 4 rings (SSSR count). The number of hydrogen-bond acceptors (Lipinski definition) is 6. The number of aromatic nitrogens is 1. The fourth-order valence-electron chi connectivity index (χ4n) is 4.76. The summed E-state index contributed by atoms with van der Waals surface area (Å²) in [5, 5.41) is 3.92. The molecule has 3 aliphatic rings. The number of carbonyl (C=O) groups is 2. The van der Waals surface area contributed by atoms with Crippen LogP contribution in [0.2, 0.25) is 0 Å². The van der Waals surface area contributed by atoms with Crippen LogP contribution in [0.1, 0.15) is 50.5 Å². The van der Waals surface area contributed by atoms with Gasteiger partial charge >= 0.3 is 0 Å². The second-order valence-corrected chi connectivity index (χ2v) is 8.62. The van der Waals surface area contributed by atoms with E-state index in [0.717, 1.165) is 32.6 Å². The van der Waals surface area contributed by atoms with E-state index in [1.165, 1.54) is 26.2 Å². The molecule has 0 aromatic carbocycles. The number of rotatable bonds is 4. The second-order valence-electron chi connectivity index (χ2n) is 8.62. The lowest BCUT2D eigenvalue weighted by Gasteiger charge is -2.36. The first-order valence-corrected chi connectivity index (χ1v) is 10.8. The van der Waals surface area contributed by atoms with Crippen LogP contribution in [-0.2, 0) is 9.59 Å². The third-order valence-electron chi connectivity index (χ3n) is 6.64. The highest BCUT2D eigenvalue weighted by Gasteiger charge is 2.42. The molecular formula is C21H32N4O4. The molecule has 3 fully saturated rings. The molecule has 2 saturated heterocycles. The normalized spacial score (nSPS) is 26.3. The molecule has 8 heteroatoms. The molecular weight excluding hydrogens is 372 g/mol. The maximum absolute atomic E-state index is 13.3. The summed E-state index contributed by atoms with van der Waals surface area (Å²) in [6.45, 7) is 9.08. The Hall–Kier alpha value is -2.09. The van der Waals surface area contributed by atoms with Gasteiger partial charge in [-0.1, -0.05) is 11.6 Å². The molecule has 2 amide bonds. The Morgan fingerprint density at radius 2 is 1.90 bits per heavy atom. The van der Waals surface area contributed by atoms with Crippen molar-refractivity contribution in [1.29, 1.82) is 0 Å². The molecule has 0 spiro atoms. The molecule has 2 unspecified atom stereocenters. The zero-order valence-electron chi connectivity index (χ0n) is 17.7. The molecule has 2 atom stereocenters. The van der Waals surface area contributed by atoms with E-state index in [1.807, 2.05) is 11.8 Å². The van der Waals surface area contributed by atoms with Crippen LogP contribution in [-0.4, -0.2) is 82.6 Å². The number of likely N-dealkylation sites (tertiary alicyclic amines) is 1. The quantitative estimate of drug-likeness (QED) is 0.761. The fourth-order valence-corrected chi connectivity index (χ4v) is 4.76. The molecule has 1 aromatic heterocycles. The Morgan fingerprint density at radius 3 is 2.52 bits per heavy atom. The number of aryl methyl sites for hydroxylation is 2. The van der Waals surface area contributed by atoms with E-state index < -0.39 is 6.04 Å². The average molecular weight is 405 g/mol. The summed E-state index contributed by atoms with van der Waals surface area (Å²) in [6.07, 6.45) is 5.17. The Labute approximate surface area is 172 Å². The summed E-state index contributed by atoms with van der Waals surface area (Å²) in [5.74, 6) is 1.22. The Bertz CT molecular complexity index is 740. The van der Waals surface area contributed by atoms with Gasteiger partial charge in [-0.3, -0.25) is 14.5 Å². The molecule has 0 radical (unpaired) electrons. The molecule has 0 N–H and O–H groups in total. The molecule has 3 heterocycles. The summed E-state index contributed by atoms with van der Waals surface area (Å²) in [6, 6.07) is 0.256. The minimum atomic E-state index is -0.451. The molecule has 1 aliphatic carbocycles. The van der Waals surface area contributed by atoms with Gasteiger partial charge < -0.3 is 19.1 Å². The molecule has 160 valence electrons. The van der Waals surface area contributed by atoms with Crippen molar-refractivity contribution in [2.75, 3.05) is 32.7 Å². The van der Waals surface area contributed by atoms with Crippen molar-refractivity contribution in [2.45, 2.75) is 71.1 Å². The van der Waals surface area contributed by atoms with Gasteiger partial charge in [-0.15, -0.1) is 0 Å². The van der Waals surface area contributed by atoms with Gasteiger partial charge in [0.05, 0.1) is 6.54 Å². The number of nitrogens with zero attached hydrogens (tertiary/aromatic N) is 4. The summed E-state index contributed by atoms with van der Waals surface area (Å²) < 4.78 is 11.3. The van der Waals surface area contributed by atoms with Crippen LogP contribution in [0.5, 0.6) is 5.75 Å². The zero-order valence-corrected chi connectivity index (χ0v) is 17.7. The van der Waals surface area contributed by atoms with Crippen LogP contribution >= 0.6 is 0 Å². The maximum atomic E-state index is 13.3. The van der Waals surface area contributed by atoms with E-state index in [4.69, 9.17) is 9.26 Å². The number of ether oxygens (including phenoxy) is 1.